The van der Waals surface area contributed by atoms with Crippen LogP contribution < -0.4 is 10.2 Å². The van der Waals surface area contributed by atoms with Gasteiger partial charge in [0.1, 0.15) is 4.83 Å². The van der Waals surface area contributed by atoms with Crippen LogP contribution in [0.25, 0.3) is 32.3 Å². The minimum absolute atomic E-state index is 0.306. The highest BCUT2D eigenvalue weighted by Crippen LogP contribution is 2.38. The summed E-state index contributed by atoms with van der Waals surface area (Å²) in [5.41, 5.74) is 3.67. The van der Waals surface area contributed by atoms with Crippen molar-refractivity contribution >= 4 is 61.4 Å². The van der Waals surface area contributed by atoms with E-state index in [9.17, 15) is 9.59 Å². The molecule has 8 nitrogen and oxygen atoms in total. The number of hydrogen-bond acceptors (Lipinski definition) is 7. The lowest BCUT2D eigenvalue weighted by molar-refractivity contribution is -0.122. The van der Waals surface area contributed by atoms with Crippen molar-refractivity contribution < 1.29 is 9.59 Å². The van der Waals surface area contributed by atoms with Crippen LogP contribution in [0.2, 0.25) is 0 Å². The number of carbonyl (C=O) groups excluding carboxylic acids is 2. The predicted molar refractivity (Wildman–Crippen MR) is 130 cm³/mol. The first-order valence-corrected chi connectivity index (χ1v) is 11.7. The highest BCUT2D eigenvalue weighted by Gasteiger charge is 2.36. The number of H-pyrrole nitrogens is 1. The molecule has 9 heteroatoms. The Morgan fingerprint density at radius 2 is 1.76 bits per heavy atom. The molecule has 3 aromatic heterocycles. The van der Waals surface area contributed by atoms with E-state index in [-0.39, 0.29) is 0 Å². The molecule has 1 saturated heterocycles. The van der Waals surface area contributed by atoms with Crippen LogP contribution in [0.1, 0.15) is 16.8 Å². The molecule has 33 heavy (non-hydrogen) atoms. The highest BCUT2D eigenvalue weighted by atomic mass is 32.1. The smallest absolute Gasteiger partial charge is 0.261 e. The summed E-state index contributed by atoms with van der Waals surface area (Å²) in [6.07, 6.45) is 1.80. The fourth-order valence-corrected chi connectivity index (χ4v) is 5.33. The monoisotopic (exact) mass is 458 g/mol. The highest BCUT2D eigenvalue weighted by molar-refractivity contribution is 7.16. The molecule has 5 heterocycles. The number of aromatic nitrogens is 3. The Hall–Kier alpha value is -3.56. The summed E-state index contributed by atoms with van der Waals surface area (Å²) >= 11 is 1.56. The Labute approximate surface area is 193 Å². The van der Waals surface area contributed by atoms with Gasteiger partial charge in [0, 0.05) is 48.7 Å². The Balaban J connectivity index is 1.62. The molecular weight excluding hydrogens is 436 g/mol. The minimum Gasteiger partial charge on any atom is -0.352 e. The van der Waals surface area contributed by atoms with Gasteiger partial charge in [-0.15, -0.1) is 11.3 Å². The number of amides is 2. The number of hydrogen-bond donors (Lipinski definition) is 2. The normalized spacial score (nSPS) is 17.6. The van der Waals surface area contributed by atoms with Crippen LogP contribution in [0.5, 0.6) is 0 Å². The number of aryl methyl sites for hydroxylation is 1. The van der Waals surface area contributed by atoms with Gasteiger partial charge in [-0.1, -0.05) is 11.6 Å². The third-order valence-corrected chi connectivity index (χ3v) is 7.21. The van der Waals surface area contributed by atoms with Crippen LogP contribution in [-0.2, 0) is 9.59 Å². The quantitative estimate of drug-likeness (QED) is 0.459. The van der Waals surface area contributed by atoms with E-state index in [0.29, 0.717) is 28.4 Å². The van der Waals surface area contributed by atoms with Gasteiger partial charge in [-0.25, -0.2) is 9.97 Å². The molecule has 2 amide bonds. The number of fused-ring (bicyclic) bond motifs is 2. The standard InChI is InChI=1S/C24H22N6O2S/c1-13-3-4-17-15(11-13)20(27-24(26-17)30-8-6-29(2)7-9-30)19-18(21(31)28-22(19)32)16-12-25-23-14(16)5-10-33-23/h3-5,10-12,25H,6-9H2,1-2H3,(H,28,31,32). The van der Waals surface area contributed by atoms with Gasteiger partial charge < -0.3 is 14.8 Å². The van der Waals surface area contributed by atoms with E-state index < -0.39 is 11.8 Å². The van der Waals surface area contributed by atoms with E-state index >= 15 is 0 Å². The fraction of sp³-hybridized carbons (Fsp3) is 0.250. The van der Waals surface area contributed by atoms with Crippen molar-refractivity contribution in [2.24, 2.45) is 0 Å². The van der Waals surface area contributed by atoms with Gasteiger partial charge >= 0.3 is 0 Å². The Morgan fingerprint density at radius 1 is 0.970 bits per heavy atom. The van der Waals surface area contributed by atoms with Gasteiger partial charge in [0.25, 0.3) is 11.8 Å². The molecular formula is C24H22N6O2S. The number of benzene rings is 1. The average Bonchev–Trinajstić information content (AvgIpc) is 3.48. The van der Waals surface area contributed by atoms with Crippen molar-refractivity contribution in [2.75, 3.05) is 38.1 Å². The van der Waals surface area contributed by atoms with Crippen LogP contribution >= 0.6 is 11.3 Å². The molecule has 0 radical (unpaired) electrons. The van der Waals surface area contributed by atoms with Gasteiger partial charge in [0.05, 0.1) is 22.4 Å². The summed E-state index contributed by atoms with van der Waals surface area (Å²) in [4.78, 5) is 44.5. The second-order valence-electron chi connectivity index (χ2n) is 8.58. The van der Waals surface area contributed by atoms with Gasteiger partial charge in [-0.2, -0.15) is 0 Å². The van der Waals surface area contributed by atoms with Crippen molar-refractivity contribution in [3.8, 4) is 0 Å². The summed E-state index contributed by atoms with van der Waals surface area (Å²) in [6, 6.07) is 7.90. The largest absolute Gasteiger partial charge is 0.352 e. The predicted octanol–water partition coefficient (Wildman–Crippen LogP) is 2.80. The summed E-state index contributed by atoms with van der Waals surface area (Å²) in [5.74, 6) is -0.240. The molecule has 0 atom stereocenters. The maximum atomic E-state index is 13.1. The van der Waals surface area contributed by atoms with Crippen LogP contribution in [-0.4, -0.2) is 64.9 Å². The third kappa shape index (κ3) is 3.23. The molecule has 4 aromatic rings. The number of nitrogens with zero attached hydrogens (tertiary/aromatic N) is 4. The van der Waals surface area contributed by atoms with E-state index in [2.05, 4.69) is 27.1 Å². The average molecular weight is 459 g/mol. The van der Waals surface area contributed by atoms with Crippen LogP contribution in [0, 0.1) is 6.92 Å². The first-order chi connectivity index (χ1) is 16.0. The Morgan fingerprint density at radius 3 is 2.58 bits per heavy atom. The lowest BCUT2D eigenvalue weighted by Crippen LogP contribution is -2.45. The zero-order valence-corrected chi connectivity index (χ0v) is 19.1. The molecule has 2 aliphatic heterocycles. The Kier molecular flexibility index (Phi) is 4.56. The molecule has 0 aliphatic carbocycles. The number of thiophene rings is 1. The summed E-state index contributed by atoms with van der Waals surface area (Å²) < 4.78 is 0. The maximum absolute atomic E-state index is 13.1. The summed E-state index contributed by atoms with van der Waals surface area (Å²) in [6.45, 7) is 5.43. The first kappa shape index (κ1) is 20.1. The molecule has 2 N–H and O–H groups in total. The maximum Gasteiger partial charge on any atom is 0.261 e. The number of carbonyl (C=O) groups is 2. The van der Waals surface area contributed by atoms with Crippen LogP contribution in [0.4, 0.5) is 5.95 Å². The zero-order valence-electron chi connectivity index (χ0n) is 18.3. The first-order valence-electron chi connectivity index (χ1n) is 10.9. The minimum atomic E-state index is -0.426. The number of rotatable bonds is 3. The second kappa shape index (κ2) is 7.50. The fourth-order valence-electron chi connectivity index (χ4n) is 4.56. The lowest BCUT2D eigenvalue weighted by atomic mass is 9.97. The van der Waals surface area contributed by atoms with E-state index in [1.54, 1.807) is 17.5 Å². The molecule has 1 aromatic carbocycles. The zero-order chi connectivity index (χ0) is 22.7. The Bertz CT molecular complexity index is 1470. The topological polar surface area (TPSA) is 94.2 Å². The number of piperazine rings is 1. The van der Waals surface area contributed by atoms with Crippen molar-refractivity contribution in [3.05, 3.63) is 52.7 Å². The number of likely N-dealkylation sites (N-methyl/N-ethyl adjacent to an activating group) is 1. The molecule has 2 aliphatic rings. The number of aromatic amines is 1. The number of nitrogens with one attached hydrogen (secondary N) is 2. The molecule has 0 saturated carbocycles. The molecule has 166 valence electrons. The number of anilines is 1. The van der Waals surface area contributed by atoms with Crippen molar-refractivity contribution in [1.82, 2.24) is 25.2 Å². The lowest BCUT2D eigenvalue weighted by Gasteiger charge is -2.32. The SMILES string of the molecule is Cc1ccc2nc(N3CCN(C)CC3)nc(C3=C(c4c[nH]c5sccc45)C(=O)NC3=O)c2c1. The summed E-state index contributed by atoms with van der Waals surface area (Å²) in [5, 5.41) is 6.16. The van der Waals surface area contributed by atoms with Crippen LogP contribution in [0.3, 0.4) is 0 Å². The van der Waals surface area contributed by atoms with Crippen molar-refractivity contribution in [3.63, 3.8) is 0 Å². The third-order valence-electron chi connectivity index (χ3n) is 6.37. The van der Waals surface area contributed by atoms with Gasteiger partial charge in [-0.05, 0) is 37.6 Å². The van der Waals surface area contributed by atoms with Gasteiger partial charge in [0.2, 0.25) is 5.95 Å². The van der Waals surface area contributed by atoms with Crippen LogP contribution in [0.15, 0.2) is 35.8 Å². The molecule has 6 rings (SSSR count). The summed E-state index contributed by atoms with van der Waals surface area (Å²) in [7, 11) is 2.10. The van der Waals surface area contributed by atoms with Gasteiger partial charge in [-0.3, -0.25) is 14.9 Å². The van der Waals surface area contributed by atoms with Gasteiger partial charge in [0.15, 0.2) is 0 Å². The molecule has 1 fully saturated rings. The number of imide groups is 1. The molecule has 0 bridgehead atoms. The van der Waals surface area contributed by atoms with Crippen molar-refractivity contribution in [1.29, 1.82) is 0 Å². The van der Waals surface area contributed by atoms with E-state index in [1.165, 1.54) is 0 Å². The van der Waals surface area contributed by atoms with Crippen molar-refractivity contribution in [2.45, 2.75) is 6.92 Å². The molecule has 0 spiro atoms. The molecule has 0 unspecified atom stereocenters. The van der Waals surface area contributed by atoms with E-state index in [0.717, 1.165) is 52.9 Å². The second-order valence-corrected chi connectivity index (χ2v) is 9.50. The van der Waals surface area contributed by atoms with E-state index in [4.69, 9.17) is 9.97 Å². The van der Waals surface area contributed by atoms with E-state index in [1.807, 2.05) is 36.6 Å².